The molecular formula is C17H18N4O2. The third-order valence-electron chi connectivity index (χ3n) is 3.71. The molecule has 0 aliphatic heterocycles. The van der Waals surface area contributed by atoms with Gasteiger partial charge in [0.15, 0.2) is 5.75 Å². The number of aryl methyl sites for hydroxylation is 2. The lowest BCUT2D eigenvalue weighted by atomic mass is 10.1. The number of benzene rings is 1. The summed E-state index contributed by atoms with van der Waals surface area (Å²) in [4.78, 5) is 13.8. The van der Waals surface area contributed by atoms with Crippen molar-refractivity contribution in [3.63, 3.8) is 0 Å². The standard InChI is InChI=1S/C17H18N4O2/c22-16-13(10-11-18-17(16)23)6-4-5-7-14-12-21(20-19-14)15-8-2-1-3-9-15/h1-3,8-12,22H,4-7H2,(H,18,23). The van der Waals surface area contributed by atoms with Crippen LogP contribution in [0.4, 0.5) is 0 Å². The van der Waals surface area contributed by atoms with Crippen molar-refractivity contribution in [3.05, 3.63) is 70.4 Å². The van der Waals surface area contributed by atoms with Crippen molar-refractivity contribution in [2.75, 3.05) is 0 Å². The number of para-hydroxylation sites is 1. The molecule has 2 aromatic heterocycles. The van der Waals surface area contributed by atoms with E-state index in [0.29, 0.717) is 12.0 Å². The summed E-state index contributed by atoms with van der Waals surface area (Å²) in [6.07, 6.45) is 6.76. The van der Waals surface area contributed by atoms with Crippen LogP contribution in [0, 0.1) is 0 Å². The SMILES string of the molecule is O=c1[nH]ccc(CCCCc2cn(-c3ccccc3)nn2)c1O. The fourth-order valence-electron chi connectivity index (χ4n) is 2.45. The van der Waals surface area contributed by atoms with Gasteiger partial charge in [-0.05, 0) is 43.9 Å². The number of nitrogens with one attached hydrogen (secondary N) is 1. The second-order valence-corrected chi connectivity index (χ2v) is 5.38. The first-order valence-corrected chi connectivity index (χ1v) is 7.60. The third-order valence-corrected chi connectivity index (χ3v) is 3.71. The first-order valence-electron chi connectivity index (χ1n) is 7.60. The van der Waals surface area contributed by atoms with E-state index in [-0.39, 0.29) is 5.75 Å². The Morgan fingerprint density at radius 2 is 1.87 bits per heavy atom. The molecule has 2 N–H and O–H groups in total. The Balaban J connectivity index is 1.53. The molecule has 0 bridgehead atoms. The van der Waals surface area contributed by atoms with Crippen molar-refractivity contribution in [2.45, 2.75) is 25.7 Å². The van der Waals surface area contributed by atoms with Gasteiger partial charge in [0.2, 0.25) is 0 Å². The monoisotopic (exact) mass is 310 g/mol. The molecule has 0 atom stereocenters. The van der Waals surface area contributed by atoms with Gasteiger partial charge in [-0.3, -0.25) is 4.79 Å². The maximum absolute atomic E-state index is 11.3. The maximum Gasteiger partial charge on any atom is 0.290 e. The van der Waals surface area contributed by atoms with Gasteiger partial charge in [-0.2, -0.15) is 0 Å². The summed E-state index contributed by atoms with van der Waals surface area (Å²) in [5.74, 6) is -0.178. The molecule has 23 heavy (non-hydrogen) atoms. The zero-order valence-corrected chi connectivity index (χ0v) is 12.6. The van der Waals surface area contributed by atoms with Gasteiger partial charge in [-0.1, -0.05) is 23.4 Å². The van der Waals surface area contributed by atoms with E-state index in [1.54, 1.807) is 16.9 Å². The minimum Gasteiger partial charge on any atom is -0.503 e. The zero-order chi connectivity index (χ0) is 16.1. The highest BCUT2D eigenvalue weighted by molar-refractivity contribution is 5.30. The molecule has 2 heterocycles. The Morgan fingerprint density at radius 1 is 1.09 bits per heavy atom. The first kappa shape index (κ1) is 15.0. The lowest BCUT2D eigenvalue weighted by Crippen LogP contribution is -2.06. The van der Waals surface area contributed by atoms with E-state index in [4.69, 9.17) is 0 Å². The topological polar surface area (TPSA) is 83.8 Å². The van der Waals surface area contributed by atoms with Crippen LogP contribution in [0.15, 0.2) is 53.6 Å². The number of aromatic hydroxyl groups is 1. The molecule has 6 nitrogen and oxygen atoms in total. The predicted molar refractivity (Wildman–Crippen MR) is 86.7 cm³/mol. The van der Waals surface area contributed by atoms with Crippen LogP contribution in [0.2, 0.25) is 0 Å². The Hall–Kier alpha value is -2.89. The summed E-state index contributed by atoms with van der Waals surface area (Å²) in [6.45, 7) is 0. The second-order valence-electron chi connectivity index (χ2n) is 5.38. The molecule has 0 aliphatic carbocycles. The molecule has 0 saturated heterocycles. The van der Waals surface area contributed by atoms with Gasteiger partial charge in [-0.15, -0.1) is 5.10 Å². The molecule has 118 valence electrons. The minimum absolute atomic E-state index is 0.178. The highest BCUT2D eigenvalue weighted by atomic mass is 16.3. The van der Waals surface area contributed by atoms with Crippen LogP contribution in [0.3, 0.4) is 0 Å². The summed E-state index contributed by atoms with van der Waals surface area (Å²) < 4.78 is 1.76. The molecule has 0 unspecified atom stereocenters. The third kappa shape index (κ3) is 3.66. The van der Waals surface area contributed by atoms with Gasteiger partial charge >= 0.3 is 0 Å². The molecule has 0 radical (unpaired) electrons. The van der Waals surface area contributed by atoms with E-state index in [2.05, 4.69) is 15.3 Å². The van der Waals surface area contributed by atoms with Crippen LogP contribution >= 0.6 is 0 Å². The minimum atomic E-state index is -0.437. The summed E-state index contributed by atoms with van der Waals surface area (Å²) in [5, 5.41) is 18.0. The van der Waals surface area contributed by atoms with Crippen molar-refractivity contribution < 1.29 is 5.11 Å². The lowest BCUT2D eigenvalue weighted by molar-refractivity contribution is 0.457. The van der Waals surface area contributed by atoms with Crippen LogP contribution in [-0.4, -0.2) is 25.1 Å². The predicted octanol–water partition coefficient (Wildman–Crippen LogP) is 2.23. The second kappa shape index (κ2) is 6.91. The van der Waals surface area contributed by atoms with Crippen LogP contribution in [-0.2, 0) is 12.8 Å². The van der Waals surface area contributed by atoms with Crippen molar-refractivity contribution in [3.8, 4) is 11.4 Å². The Morgan fingerprint density at radius 3 is 2.70 bits per heavy atom. The van der Waals surface area contributed by atoms with Crippen molar-refractivity contribution in [1.82, 2.24) is 20.0 Å². The summed E-state index contributed by atoms with van der Waals surface area (Å²) >= 11 is 0. The highest BCUT2D eigenvalue weighted by Crippen LogP contribution is 2.14. The van der Waals surface area contributed by atoms with Crippen molar-refractivity contribution in [1.29, 1.82) is 0 Å². The van der Waals surface area contributed by atoms with E-state index in [0.717, 1.165) is 30.6 Å². The van der Waals surface area contributed by atoms with Gasteiger partial charge in [0.05, 0.1) is 17.6 Å². The molecular weight excluding hydrogens is 292 g/mol. The number of hydrogen-bond donors (Lipinski definition) is 2. The number of H-pyrrole nitrogens is 1. The lowest BCUT2D eigenvalue weighted by Gasteiger charge is -2.02. The quantitative estimate of drug-likeness (QED) is 0.684. The van der Waals surface area contributed by atoms with Crippen LogP contribution in [0.1, 0.15) is 24.1 Å². The molecule has 0 amide bonds. The summed E-state index contributed by atoms with van der Waals surface area (Å²) in [6, 6.07) is 11.6. The Labute approximate surface area is 133 Å². The van der Waals surface area contributed by atoms with E-state index in [9.17, 15) is 9.90 Å². The summed E-state index contributed by atoms with van der Waals surface area (Å²) in [7, 11) is 0. The number of aromatic nitrogens is 4. The Bertz CT molecular complexity index is 824. The average molecular weight is 310 g/mol. The molecule has 0 aliphatic rings. The normalized spacial score (nSPS) is 10.8. The molecule has 3 aromatic rings. The maximum atomic E-state index is 11.3. The van der Waals surface area contributed by atoms with Gasteiger partial charge in [-0.25, -0.2) is 4.68 Å². The zero-order valence-electron chi connectivity index (χ0n) is 12.6. The van der Waals surface area contributed by atoms with Crippen LogP contribution in [0.25, 0.3) is 5.69 Å². The van der Waals surface area contributed by atoms with Gasteiger partial charge in [0, 0.05) is 11.8 Å². The Kier molecular flexibility index (Phi) is 4.52. The molecule has 6 heteroatoms. The number of rotatable bonds is 6. The molecule has 0 spiro atoms. The average Bonchev–Trinajstić information content (AvgIpc) is 3.05. The van der Waals surface area contributed by atoms with E-state index in [1.807, 2.05) is 36.5 Å². The number of pyridine rings is 1. The van der Waals surface area contributed by atoms with E-state index >= 15 is 0 Å². The van der Waals surface area contributed by atoms with E-state index < -0.39 is 5.56 Å². The van der Waals surface area contributed by atoms with Crippen LogP contribution < -0.4 is 5.56 Å². The van der Waals surface area contributed by atoms with Gasteiger partial charge < -0.3 is 10.1 Å². The first-order chi connectivity index (χ1) is 11.2. The summed E-state index contributed by atoms with van der Waals surface area (Å²) in [5.41, 5.74) is 2.17. The fourth-order valence-corrected chi connectivity index (χ4v) is 2.45. The number of aromatic amines is 1. The van der Waals surface area contributed by atoms with Crippen molar-refractivity contribution >= 4 is 0 Å². The highest BCUT2D eigenvalue weighted by Gasteiger charge is 2.06. The molecule has 1 aromatic carbocycles. The number of unbranched alkanes of at least 4 members (excludes halogenated alkanes) is 1. The fraction of sp³-hybridized carbons (Fsp3) is 0.235. The van der Waals surface area contributed by atoms with Crippen molar-refractivity contribution in [2.24, 2.45) is 0 Å². The smallest absolute Gasteiger partial charge is 0.290 e. The molecule has 0 saturated carbocycles. The van der Waals surface area contributed by atoms with Gasteiger partial charge in [0.1, 0.15) is 0 Å². The van der Waals surface area contributed by atoms with Crippen LogP contribution in [0.5, 0.6) is 5.75 Å². The largest absolute Gasteiger partial charge is 0.503 e. The van der Waals surface area contributed by atoms with Gasteiger partial charge in [0.25, 0.3) is 5.56 Å². The number of nitrogens with zero attached hydrogens (tertiary/aromatic N) is 3. The molecule has 0 fully saturated rings. The van der Waals surface area contributed by atoms with E-state index in [1.165, 1.54) is 0 Å². The number of hydrogen-bond acceptors (Lipinski definition) is 4. The molecule has 3 rings (SSSR count).